The number of hydrogen-bond donors (Lipinski definition) is 1. The van der Waals surface area contributed by atoms with E-state index in [1.54, 1.807) is 6.26 Å². The van der Waals surface area contributed by atoms with Crippen molar-refractivity contribution in [2.24, 2.45) is 11.7 Å². The van der Waals surface area contributed by atoms with Crippen molar-refractivity contribution in [1.82, 2.24) is 4.90 Å². The molecule has 0 bridgehead atoms. The molecule has 1 aliphatic rings. The average Bonchev–Trinajstić information content (AvgIpc) is 2.65. The minimum absolute atomic E-state index is 0.579. The van der Waals surface area contributed by atoms with Gasteiger partial charge in [-0.1, -0.05) is 6.92 Å². The van der Waals surface area contributed by atoms with Gasteiger partial charge in [-0.25, -0.2) is 0 Å². The lowest BCUT2D eigenvalue weighted by atomic mass is 10.0. The molecule has 0 amide bonds. The van der Waals surface area contributed by atoms with Crippen LogP contribution in [0.1, 0.15) is 31.1 Å². The molecule has 3 heteroatoms. The number of hydrogen-bond acceptors (Lipinski definition) is 3. The van der Waals surface area contributed by atoms with Gasteiger partial charge in [0, 0.05) is 18.7 Å². The zero-order chi connectivity index (χ0) is 10.7. The van der Waals surface area contributed by atoms with Gasteiger partial charge in [-0.2, -0.15) is 0 Å². The van der Waals surface area contributed by atoms with Crippen molar-refractivity contribution < 1.29 is 4.42 Å². The molecule has 3 nitrogen and oxygen atoms in total. The van der Waals surface area contributed by atoms with E-state index in [-0.39, 0.29) is 0 Å². The first-order chi connectivity index (χ1) is 7.29. The Morgan fingerprint density at radius 1 is 1.60 bits per heavy atom. The van der Waals surface area contributed by atoms with Gasteiger partial charge < -0.3 is 10.2 Å². The van der Waals surface area contributed by atoms with Crippen molar-refractivity contribution in [3.63, 3.8) is 0 Å². The maximum atomic E-state index is 5.65. The van der Waals surface area contributed by atoms with Gasteiger partial charge in [-0.15, -0.1) is 0 Å². The number of rotatable bonds is 3. The molecule has 1 atom stereocenters. The van der Waals surface area contributed by atoms with Crippen LogP contribution >= 0.6 is 0 Å². The van der Waals surface area contributed by atoms with Crippen molar-refractivity contribution >= 4 is 0 Å². The largest absolute Gasteiger partial charge is 0.468 e. The molecule has 15 heavy (non-hydrogen) atoms. The van der Waals surface area contributed by atoms with Crippen LogP contribution in [0.3, 0.4) is 0 Å². The highest BCUT2D eigenvalue weighted by Crippen LogP contribution is 2.19. The minimum atomic E-state index is 0.579. The lowest BCUT2D eigenvalue weighted by Gasteiger charge is -2.30. The molecule has 1 unspecified atom stereocenters. The lowest BCUT2D eigenvalue weighted by molar-refractivity contribution is 0.165. The zero-order valence-electron chi connectivity index (χ0n) is 9.41. The van der Waals surface area contributed by atoms with Gasteiger partial charge in [0.25, 0.3) is 0 Å². The van der Waals surface area contributed by atoms with Crippen LogP contribution in [0.2, 0.25) is 0 Å². The van der Waals surface area contributed by atoms with Crippen molar-refractivity contribution in [2.75, 3.05) is 13.1 Å². The second kappa shape index (κ2) is 4.81. The summed E-state index contributed by atoms with van der Waals surface area (Å²) in [5.74, 6) is 1.86. The Bertz CT molecular complexity index is 308. The molecule has 1 aliphatic heterocycles. The Morgan fingerprint density at radius 2 is 2.47 bits per heavy atom. The van der Waals surface area contributed by atoms with Crippen LogP contribution in [0.5, 0.6) is 0 Å². The molecule has 0 radical (unpaired) electrons. The molecule has 2 heterocycles. The average molecular weight is 208 g/mol. The smallest absolute Gasteiger partial charge is 0.122 e. The van der Waals surface area contributed by atoms with Crippen LogP contribution in [-0.4, -0.2) is 18.0 Å². The van der Waals surface area contributed by atoms with Crippen LogP contribution in [-0.2, 0) is 13.1 Å². The first-order valence-electron chi connectivity index (χ1n) is 5.77. The Labute approximate surface area is 91.2 Å². The highest BCUT2D eigenvalue weighted by Gasteiger charge is 2.18. The van der Waals surface area contributed by atoms with E-state index >= 15 is 0 Å². The van der Waals surface area contributed by atoms with Crippen molar-refractivity contribution in [3.05, 3.63) is 23.7 Å². The molecule has 0 aliphatic carbocycles. The Hall–Kier alpha value is -0.800. The van der Waals surface area contributed by atoms with E-state index in [0.29, 0.717) is 6.54 Å². The molecule has 2 N–H and O–H groups in total. The fourth-order valence-electron chi connectivity index (χ4n) is 2.32. The van der Waals surface area contributed by atoms with Crippen molar-refractivity contribution in [3.8, 4) is 0 Å². The minimum Gasteiger partial charge on any atom is -0.468 e. The molecule has 0 aromatic carbocycles. The molecule has 1 saturated heterocycles. The maximum absolute atomic E-state index is 5.65. The normalized spacial score (nSPS) is 23.2. The van der Waals surface area contributed by atoms with E-state index in [4.69, 9.17) is 10.2 Å². The van der Waals surface area contributed by atoms with E-state index in [1.807, 2.05) is 6.07 Å². The predicted octanol–water partition coefficient (Wildman–Crippen LogP) is 1.97. The summed E-state index contributed by atoms with van der Waals surface area (Å²) in [5.41, 5.74) is 6.80. The van der Waals surface area contributed by atoms with Gasteiger partial charge in [0.05, 0.1) is 12.8 Å². The third kappa shape index (κ3) is 2.61. The van der Waals surface area contributed by atoms with Crippen LogP contribution in [0.15, 0.2) is 16.7 Å². The second-order valence-corrected chi connectivity index (χ2v) is 4.56. The topological polar surface area (TPSA) is 42.4 Å². The van der Waals surface area contributed by atoms with Crippen LogP contribution in [0.4, 0.5) is 0 Å². The summed E-state index contributed by atoms with van der Waals surface area (Å²) in [6.07, 6.45) is 4.41. The highest BCUT2D eigenvalue weighted by atomic mass is 16.3. The number of nitrogens with two attached hydrogens (primary N) is 1. The number of piperidine rings is 1. The van der Waals surface area contributed by atoms with Crippen LogP contribution in [0.25, 0.3) is 0 Å². The second-order valence-electron chi connectivity index (χ2n) is 4.56. The number of nitrogens with zero attached hydrogens (tertiary/aromatic N) is 1. The molecule has 84 valence electrons. The Morgan fingerprint density at radius 3 is 3.20 bits per heavy atom. The summed E-state index contributed by atoms with van der Waals surface area (Å²) in [4.78, 5) is 2.46. The maximum Gasteiger partial charge on any atom is 0.122 e. The third-order valence-corrected chi connectivity index (χ3v) is 3.17. The number of furan rings is 1. The van der Waals surface area contributed by atoms with E-state index in [2.05, 4.69) is 11.8 Å². The standard InChI is InChI=1S/C12H20N2O/c1-10-3-2-5-14(8-10)9-12-11(7-13)4-6-15-12/h4,6,10H,2-3,5,7-9,13H2,1H3. The van der Waals surface area contributed by atoms with E-state index < -0.39 is 0 Å². The molecule has 1 aromatic heterocycles. The van der Waals surface area contributed by atoms with Gasteiger partial charge in [0.1, 0.15) is 5.76 Å². The molecule has 2 rings (SSSR count). The summed E-state index contributed by atoms with van der Waals surface area (Å²) in [7, 11) is 0. The summed E-state index contributed by atoms with van der Waals surface area (Å²) in [6, 6.07) is 1.97. The van der Waals surface area contributed by atoms with Crippen molar-refractivity contribution in [2.45, 2.75) is 32.9 Å². The third-order valence-electron chi connectivity index (χ3n) is 3.17. The fourth-order valence-corrected chi connectivity index (χ4v) is 2.32. The molecular weight excluding hydrogens is 188 g/mol. The van der Waals surface area contributed by atoms with Gasteiger partial charge in [-0.05, 0) is 31.4 Å². The van der Waals surface area contributed by atoms with E-state index in [1.165, 1.54) is 25.9 Å². The summed E-state index contributed by atoms with van der Waals surface area (Å²) >= 11 is 0. The summed E-state index contributed by atoms with van der Waals surface area (Å²) in [5, 5.41) is 0. The first-order valence-corrected chi connectivity index (χ1v) is 5.77. The van der Waals surface area contributed by atoms with Crippen molar-refractivity contribution in [1.29, 1.82) is 0 Å². The van der Waals surface area contributed by atoms with Gasteiger partial charge in [-0.3, -0.25) is 4.90 Å². The molecule has 1 aromatic rings. The summed E-state index contributed by atoms with van der Waals surface area (Å²) in [6.45, 7) is 6.19. The Balaban J connectivity index is 1.96. The molecule has 0 saturated carbocycles. The van der Waals surface area contributed by atoms with Gasteiger partial charge in [0.2, 0.25) is 0 Å². The molecule has 1 fully saturated rings. The zero-order valence-corrected chi connectivity index (χ0v) is 9.41. The first kappa shape index (κ1) is 10.7. The fraction of sp³-hybridized carbons (Fsp3) is 0.667. The van der Waals surface area contributed by atoms with Gasteiger partial charge >= 0.3 is 0 Å². The predicted molar refractivity (Wildman–Crippen MR) is 60.3 cm³/mol. The molecule has 0 spiro atoms. The monoisotopic (exact) mass is 208 g/mol. The quantitative estimate of drug-likeness (QED) is 0.825. The van der Waals surface area contributed by atoms with E-state index in [0.717, 1.165) is 23.8 Å². The lowest BCUT2D eigenvalue weighted by Crippen LogP contribution is -2.33. The SMILES string of the molecule is CC1CCCN(Cc2occc2CN)C1. The van der Waals surface area contributed by atoms with E-state index in [9.17, 15) is 0 Å². The molecular formula is C12H20N2O. The Kier molecular flexibility index (Phi) is 3.44. The highest BCUT2D eigenvalue weighted by molar-refractivity contribution is 5.16. The van der Waals surface area contributed by atoms with Crippen LogP contribution < -0.4 is 5.73 Å². The van der Waals surface area contributed by atoms with Gasteiger partial charge in [0.15, 0.2) is 0 Å². The summed E-state index contributed by atoms with van der Waals surface area (Å²) < 4.78 is 5.47. The number of likely N-dealkylation sites (tertiary alicyclic amines) is 1. The van der Waals surface area contributed by atoms with Crippen LogP contribution in [0, 0.1) is 5.92 Å².